The molecule has 0 unspecified atom stereocenters. The minimum Gasteiger partial charge on any atom is -0.361 e. The molecule has 1 heterocycles. The molecule has 0 spiro atoms. The van der Waals surface area contributed by atoms with E-state index in [0.717, 1.165) is 12.8 Å². The zero-order valence-electron chi connectivity index (χ0n) is 6.83. The van der Waals surface area contributed by atoms with Crippen molar-refractivity contribution < 1.29 is 9.32 Å². The minimum atomic E-state index is -0.130. The minimum absolute atomic E-state index is 0.130. The van der Waals surface area contributed by atoms with Gasteiger partial charge in [-0.1, -0.05) is 5.16 Å². The van der Waals surface area contributed by atoms with E-state index in [1.165, 1.54) is 0 Å². The van der Waals surface area contributed by atoms with Gasteiger partial charge in [-0.25, -0.2) is 0 Å². The van der Waals surface area contributed by atoms with Gasteiger partial charge in [-0.15, -0.1) is 0 Å². The van der Waals surface area contributed by atoms with Crippen LogP contribution in [0.4, 0.5) is 0 Å². The zero-order valence-corrected chi connectivity index (χ0v) is 6.83. The summed E-state index contributed by atoms with van der Waals surface area (Å²) in [5.74, 6) is 0.533. The quantitative estimate of drug-likeness (QED) is 0.709. The molecule has 1 aromatic heterocycles. The largest absolute Gasteiger partial charge is 0.361 e. The molecule has 0 aromatic carbocycles. The summed E-state index contributed by atoms with van der Waals surface area (Å²) < 4.78 is 4.78. The number of carbonyl (C=O) groups is 1. The number of rotatable bonds is 2. The third-order valence-corrected chi connectivity index (χ3v) is 1.77. The van der Waals surface area contributed by atoms with E-state index in [4.69, 9.17) is 4.52 Å². The van der Waals surface area contributed by atoms with E-state index < -0.39 is 0 Å². The number of amides is 1. The summed E-state index contributed by atoms with van der Waals surface area (Å²) >= 11 is 0. The summed E-state index contributed by atoms with van der Waals surface area (Å²) in [6.45, 7) is 1.76. The molecule has 1 aliphatic carbocycles. The Morgan fingerprint density at radius 3 is 3.00 bits per heavy atom. The highest BCUT2D eigenvalue weighted by Crippen LogP contribution is 2.19. The molecular weight excluding hydrogens is 156 g/mol. The molecule has 1 saturated carbocycles. The maximum atomic E-state index is 11.3. The smallest absolute Gasteiger partial charge is 0.273 e. The van der Waals surface area contributed by atoms with E-state index >= 15 is 0 Å². The number of nitrogens with one attached hydrogen (secondary N) is 1. The molecule has 0 saturated heterocycles. The first kappa shape index (κ1) is 7.34. The van der Waals surface area contributed by atoms with Crippen molar-refractivity contribution in [3.63, 3.8) is 0 Å². The van der Waals surface area contributed by atoms with Crippen LogP contribution in [0, 0.1) is 6.92 Å². The van der Waals surface area contributed by atoms with E-state index in [0.29, 0.717) is 17.5 Å². The summed E-state index contributed by atoms with van der Waals surface area (Å²) in [4.78, 5) is 11.3. The van der Waals surface area contributed by atoms with Crippen LogP contribution >= 0.6 is 0 Å². The highest BCUT2D eigenvalue weighted by molar-refractivity contribution is 5.92. The van der Waals surface area contributed by atoms with Gasteiger partial charge in [0.2, 0.25) is 0 Å². The lowest BCUT2D eigenvalue weighted by molar-refractivity contribution is 0.0942. The molecule has 0 radical (unpaired) electrons. The first-order valence-electron chi connectivity index (χ1n) is 4.00. The summed E-state index contributed by atoms with van der Waals surface area (Å²) in [6, 6.07) is 2.01. The Hall–Kier alpha value is -1.32. The molecular formula is C8H10N2O2. The normalized spacial score (nSPS) is 16.1. The van der Waals surface area contributed by atoms with Crippen molar-refractivity contribution in [2.24, 2.45) is 0 Å². The summed E-state index contributed by atoms with van der Waals surface area (Å²) in [6.07, 6.45) is 2.17. The summed E-state index contributed by atoms with van der Waals surface area (Å²) in [7, 11) is 0. The number of nitrogens with zero attached hydrogens (tertiary/aromatic N) is 1. The van der Waals surface area contributed by atoms with Crippen LogP contribution in [0.3, 0.4) is 0 Å². The molecule has 1 amide bonds. The van der Waals surface area contributed by atoms with Crippen LogP contribution in [-0.4, -0.2) is 17.1 Å². The Morgan fingerprint density at radius 2 is 2.50 bits per heavy atom. The van der Waals surface area contributed by atoms with E-state index in [9.17, 15) is 4.79 Å². The van der Waals surface area contributed by atoms with Gasteiger partial charge in [0.1, 0.15) is 5.76 Å². The average molecular weight is 166 g/mol. The molecule has 2 rings (SSSR count). The van der Waals surface area contributed by atoms with Gasteiger partial charge in [-0.3, -0.25) is 4.79 Å². The SMILES string of the molecule is Cc1cc(C(=O)NC2CC2)no1. The standard InChI is InChI=1S/C8H10N2O2/c1-5-4-7(10-12-5)8(11)9-6-2-3-6/h4,6H,2-3H2,1H3,(H,9,11). The van der Waals surface area contributed by atoms with Crippen molar-refractivity contribution >= 4 is 5.91 Å². The molecule has 0 aliphatic heterocycles. The maximum Gasteiger partial charge on any atom is 0.273 e. The number of aromatic nitrogens is 1. The van der Waals surface area contributed by atoms with Crippen LogP contribution < -0.4 is 5.32 Å². The summed E-state index contributed by atoms with van der Waals surface area (Å²) in [5.41, 5.74) is 0.374. The fraction of sp³-hybridized carbons (Fsp3) is 0.500. The van der Waals surface area contributed by atoms with E-state index in [2.05, 4.69) is 10.5 Å². The number of hydrogen-bond acceptors (Lipinski definition) is 3. The second kappa shape index (κ2) is 2.62. The molecule has 4 nitrogen and oxygen atoms in total. The van der Waals surface area contributed by atoms with Crippen LogP contribution in [0.2, 0.25) is 0 Å². The Bertz CT molecular complexity index is 302. The predicted molar refractivity (Wildman–Crippen MR) is 41.7 cm³/mol. The molecule has 0 atom stereocenters. The van der Waals surface area contributed by atoms with Crippen LogP contribution in [0.1, 0.15) is 29.1 Å². The van der Waals surface area contributed by atoms with Gasteiger partial charge in [-0.05, 0) is 19.8 Å². The van der Waals surface area contributed by atoms with Crippen molar-refractivity contribution in [3.8, 4) is 0 Å². The monoisotopic (exact) mass is 166 g/mol. The van der Waals surface area contributed by atoms with Crippen LogP contribution in [0.5, 0.6) is 0 Å². The lowest BCUT2D eigenvalue weighted by Crippen LogP contribution is -2.25. The molecule has 1 N–H and O–H groups in total. The second-order valence-corrected chi connectivity index (χ2v) is 3.07. The van der Waals surface area contributed by atoms with Gasteiger partial charge in [0, 0.05) is 12.1 Å². The molecule has 64 valence electrons. The highest BCUT2D eigenvalue weighted by Gasteiger charge is 2.24. The third-order valence-electron chi connectivity index (χ3n) is 1.77. The summed E-state index contributed by atoms with van der Waals surface area (Å²) in [5, 5.41) is 6.43. The van der Waals surface area contributed by atoms with Gasteiger partial charge in [0.25, 0.3) is 5.91 Å². The molecule has 4 heteroatoms. The first-order chi connectivity index (χ1) is 5.75. The van der Waals surface area contributed by atoms with Gasteiger partial charge in [0.05, 0.1) is 0 Å². The lowest BCUT2D eigenvalue weighted by atomic mass is 10.3. The lowest BCUT2D eigenvalue weighted by Gasteiger charge is -1.96. The van der Waals surface area contributed by atoms with Crippen LogP contribution in [0.25, 0.3) is 0 Å². The average Bonchev–Trinajstić information content (AvgIpc) is 2.72. The van der Waals surface area contributed by atoms with E-state index in [1.54, 1.807) is 13.0 Å². The highest BCUT2D eigenvalue weighted by atomic mass is 16.5. The second-order valence-electron chi connectivity index (χ2n) is 3.07. The topological polar surface area (TPSA) is 55.1 Å². The number of hydrogen-bond donors (Lipinski definition) is 1. The fourth-order valence-electron chi connectivity index (χ4n) is 0.960. The van der Waals surface area contributed by atoms with Crippen molar-refractivity contribution in [3.05, 3.63) is 17.5 Å². The Morgan fingerprint density at radius 1 is 1.75 bits per heavy atom. The Labute approximate surface area is 69.9 Å². The van der Waals surface area contributed by atoms with Crippen molar-refractivity contribution in [1.82, 2.24) is 10.5 Å². The van der Waals surface area contributed by atoms with Gasteiger partial charge < -0.3 is 9.84 Å². The Balaban J connectivity index is 2.03. The van der Waals surface area contributed by atoms with Crippen molar-refractivity contribution in [1.29, 1.82) is 0 Å². The van der Waals surface area contributed by atoms with Gasteiger partial charge in [-0.2, -0.15) is 0 Å². The number of carbonyl (C=O) groups excluding carboxylic acids is 1. The maximum absolute atomic E-state index is 11.3. The third kappa shape index (κ3) is 1.47. The zero-order chi connectivity index (χ0) is 8.55. The first-order valence-corrected chi connectivity index (χ1v) is 4.00. The molecule has 12 heavy (non-hydrogen) atoms. The van der Waals surface area contributed by atoms with Crippen molar-refractivity contribution in [2.75, 3.05) is 0 Å². The fourth-order valence-corrected chi connectivity index (χ4v) is 0.960. The molecule has 1 fully saturated rings. The molecule has 1 aromatic rings. The molecule has 1 aliphatic rings. The van der Waals surface area contributed by atoms with Gasteiger partial charge in [0.15, 0.2) is 5.69 Å². The molecule has 0 bridgehead atoms. The van der Waals surface area contributed by atoms with Crippen LogP contribution in [-0.2, 0) is 0 Å². The van der Waals surface area contributed by atoms with E-state index in [1.807, 2.05) is 0 Å². The predicted octanol–water partition coefficient (Wildman–Crippen LogP) is 0.875. The van der Waals surface area contributed by atoms with Crippen LogP contribution in [0.15, 0.2) is 10.6 Å². The van der Waals surface area contributed by atoms with Gasteiger partial charge >= 0.3 is 0 Å². The van der Waals surface area contributed by atoms with Crippen molar-refractivity contribution in [2.45, 2.75) is 25.8 Å². The van der Waals surface area contributed by atoms with E-state index in [-0.39, 0.29) is 5.91 Å². The number of aryl methyl sites for hydroxylation is 1. The Kier molecular flexibility index (Phi) is 1.60.